The molecule has 0 aliphatic rings. The van der Waals surface area contributed by atoms with Gasteiger partial charge in [-0.3, -0.25) is 4.98 Å². The number of hydrogen-bond acceptors (Lipinski definition) is 3. The van der Waals surface area contributed by atoms with Gasteiger partial charge >= 0.3 is 0 Å². The zero-order chi connectivity index (χ0) is 14.8. The minimum Gasteiger partial charge on any atom is -0.456 e. The maximum Gasteiger partial charge on any atom is 0.138 e. The molecule has 5 heteroatoms. The number of fused-ring (bicyclic) bond motifs is 1. The summed E-state index contributed by atoms with van der Waals surface area (Å²) in [6, 6.07) is 13.4. The predicted octanol–water partition coefficient (Wildman–Crippen LogP) is 4.42. The van der Waals surface area contributed by atoms with Crippen molar-refractivity contribution < 1.29 is 14.2 Å². The molecule has 0 bridgehead atoms. The van der Waals surface area contributed by atoms with Crippen molar-refractivity contribution in [3.8, 4) is 11.5 Å². The number of aliphatic hydroxyl groups is 1. The third kappa shape index (κ3) is 3.04. The first-order valence-corrected chi connectivity index (χ1v) is 7.08. The van der Waals surface area contributed by atoms with E-state index in [9.17, 15) is 9.50 Å². The van der Waals surface area contributed by atoms with Gasteiger partial charge in [-0.25, -0.2) is 4.39 Å². The number of halogens is 2. The highest BCUT2D eigenvalue weighted by Gasteiger charge is 2.08. The lowest BCUT2D eigenvalue weighted by molar-refractivity contribution is 0.276. The smallest absolute Gasteiger partial charge is 0.138 e. The molecule has 1 aromatic heterocycles. The zero-order valence-corrected chi connectivity index (χ0v) is 12.5. The number of hydrogen-bond donors (Lipinski definition) is 1. The predicted molar refractivity (Wildman–Crippen MR) is 81.8 cm³/mol. The van der Waals surface area contributed by atoms with Crippen molar-refractivity contribution in [1.29, 1.82) is 0 Å². The lowest BCUT2D eigenvalue weighted by Crippen LogP contribution is -1.94. The van der Waals surface area contributed by atoms with E-state index in [1.165, 1.54) is 12.1 Å². The van der Waals surface area contributed by atoms with Crippen molar-refractivity contribution in [3.63, 3.8) is 0 Å². The van der Waals surface area contributed by atoms with E-state index >= 15 is 0 Å². The van der Waals surface area contributed by atoms with E-state index in [1.54, 1.807) is 12.1 Å². The molecule has 0 radical (unpaired) electrons. The zero-order valence-electron chi connectivity index (χ0n) is 10.9. The van der Waals surface area contributed by atoms with Crippen LogP contribution in [0, 0.1) is 5.82 Å². The van der Waals surface area contributed by atoms with E-state index in [-0.39, 0.29) is 12.4 Å². The Bertz CT molecular complexity index is 787. The largest absolute Gasteiger partial charge is 0.456 e. The van der Waals surface area contributed by atoms with Crippen LogP contribution in [0.15, 0.2) is 53.0 Å². The molecule has 0 unspecified atom stereocenters. The van der Waals surface area contributed by atoms with Crippen LogP contribution in [0.3, 0.4) is 0 Å². The van der Waals surface area contributed by atoms with Crippen molar-refractivity contribution in [2.24, 2.45) is 0 Å². The summed E-state index contributed by atoms with van der Waals surface area (Å²) in [5.41, 5.74) is 1.22. The number of para-hydroxylation sites is 1. The van der Waals surface area contributed by atoms with Gasteiger partial charge in [-0.1, -0.05) is 28.1 Å². The number of nitrogens with zero attached hydrogens (tertiary/aromatic N) is 1. The first-order valence-electron chi connectivity index (χ1n) is 6.29. The molecule has 21 heavy (non-hydrogen) atoms. The van der Waals surface area contributed by atoms with Crippen LogP contribution in [0.4, 0.5) is 4.39 Å². The van der Waals surface area contributed by atoms with E-state index in [4.69, 9.17) is 4.74 Å². The van der Waals surface area contributed by atoms with Gasteiger partial charge in [0.1, 0.15) is 17.3 Å². The summed E-state index contributed by atoms with van der Waals surface area (Å²) in [5, 5.41) is 10.1. The second-order valence-corrected chi connectivity index (χ2v) is 5.41. The molecule has 106 valence electrons. The summed E-state index contributed by atoms with van der Waals surface area (Å²) in [4.78, 5) is 4.32. The van der Waals surface area contributed by atoms with Gasteiger partial charge < -0.3 is 9.84 Å². The minimum absolute atomic E-state index is 0.186. The summed E-state index contributed by atoms with van der Waals surface area (Å²) < 4.78 is 19.8. The minimum atomic E-state index is -0.389. The average Bonchev–Trinajstić information content (AvgIpc) is 2.46. The lowest BCUT2D eigenvalue weighted by atomic mass is 10.2. The summed E-state index contributed by atoms with van der Waals surface area (Å²) in [6.07, 6.45) is 0. The molecule has 0 aliphatic carbocycles. The molecule has 2 aromatic carbocycles. The maximum atomic E-state index is 13.4. The van der Waals surface area contributed by atoms with Crippen LogP contribution in [-0.2, 0) is 6.61 Å². The number of rotatable bonds is 3. The SMILES string of the molecule is OCc1cc(Oc2cc(F)cc(Br)c2)c2ccccc2n1. The first-order chi connectivity index (χ1) is 10.2. The van der Waals surface area contributed by atoms with E-state index in [2.05, 4.69) is 20.9 Å². The Balaban J connectivity index is 2.10. The second kappa shape index (κ2) is 5.79. The van der Waals surface area contributed by atoms with E-state index < -0.39 is 0 Å². The third-order valence-corrected chi connectivity index (χ3v) is 3.41. The standard InChI is InChI=1S/C16H11BrFNO2/c17-10-5-11(18)7-13(6-10)21-16-8-12(9-20)19-15-4-2-1-3-14(15)16/h1-8,20H,9H2. The Morgan fingerprint density at radius 1 is 1.14 bits per heavy atom. The summed E-state index contributed by atoms with van der Waals surface area (Å²) >= 11 is 3.23. The molecule has 0 atom stereocenters. The Morgan fingerprint density at radius 2 is 1.95 bits per heavy atom. The fourth-order valence-corrected chi connectivity index (χ4v) is 2.52. The second-order valence-electron chi connectivity index (χ2n) is 4.49. The Labute approximate surface area is 129 Å². The number of aromatic nitrogens is 1. The maximum absolute atomic E-state index is 13.4. The van der Waals surface area contributed by atoms with E-state index in [0.29, 0.717) is 21.7 Å². The fraction of sp³-hybridized carbons (Fsp3) is 0.0625. The molecule has 3 nitrogen and oxygen atoms in total. The van der Waals surface area contributed by atoms with Crippen LogP contribution in [0.2, 0.25) is 0 Å². The summed E-state index contributed by atoms with van der Waals surface area (Å²) in [7, 11) is 0. The average molecular weight is 348 g/mol. The first kappa shape index (κ1) is 14.0. The number of aliphatic hydroxyl groups excluding tert-OH is 1. The van der Waals surface area contributed by atoms with Crippen LogP contribution in [0.25, 0.3) is 10.9 Å². The van der Waals surface area contributed by atoms with Crippen molar-refractivity contribution >= 4 is 26.8 Å². The number of benzene rings is 2. The van der Waals surface area contributed by atoms with Gasteiger partial charge in [-0.2, -0.15) is 0 Å². The van der Waals surface area contributed by atoms with Crippen LogP contribution >= 0.6 is 15.9 Å². The molecule has 1 heterocycles. The highest BCUT2D eigenvalue weighted by Crippen LogP contribution is 2.31. The van der Waals surface area contributed by atoms with Gasteiger partial charge in [0.25, 0.3) is 0 Å². The van der Waals surface area contributed by atoms with Crippen LogP contribution in [0.5, 0.6) is 11.5 Å². The summed E-state index contributed by atoms with van der Waals surface area (Å²) in [5.74, 6) is 0.518. The Kier molecular flexibility index (Phi) is 3.86. The molecule has 0 saturated carbocycles. The monoisotopic (exact) mass is 347 g/mol. The van der Waals surface area contributed by atoms with Crippen molar-refractivity contribution in [3.05, 3.63) is 64.5 Å². The molecule has 0 saturated heterocycles. The molecular formula is C16H11BrFNO2. The van der Waals surface area contributed by atoms with Gasteiger partial charge in [0.2, 0.25) is 0 Å². The van der Waals surface area contributed by atoms with Crippen LogP contribution < -0.4 is 4.74 Å². The molecule has 0 spiro atoms. The topological polar surface area (TPSA) is 42.4 Å². The van der Waals surface area contributed by atoms with Gasteiger partial charge in [0.05, 0.1) is 17.8 Å². The highest BCUT2D eigenvalue weighted by molar-refractivity contribution is 9.10. The number of pyridine rings is 1. The summed E-state index contributed by atoms with van der Waals surface area (Å²) in [6.45, 7) is -0.186. The van der Waals surface area contributed by atoms with Crippen LogP contribution in [0.1, 0.15) is 5.69 Å². The fourth-order valence-electron chi connectivity index (χ4n) is 2.08. The Hall–Kier alpha value is -1.98. The van der Waals surface area contributed by atoms with Crippen molar-refractivity contribution in [2.75, 3.05) is 0 Å². The lowest BCUT2D eigenvalue weighted by Gasteiger charge is -2.11. The quantitative estimate of drug-likeness (QED) is 0.762. The molecule has 0 fully saturated rings. The van der Waals surface area contributed by atoms with E-state index in [1.807, 2.05) is 24.3 Å². The van der Waals surface area contributed by atoms with Crippen molar-refractivity contribution in [2.45, 2.75) is 6.61 Å². The molecule has 3 aromatic rings. The van der Waals surface area contributed by atoms with Gasteiger partial charge in [0.15, 0.2) is 0 Å². The highest BCUT2D eigenvalue weighted by atomic mass is 79.9. The third-order valence-electron chi connectivity index (χ3n) is 2.96. The molecule has 0 amide bonds. The normalized spacial score (nSPS) is 10.8. The van der Waals surface area contributed by atoms with Crippen LogP contribution in [-0.4, -0.2) is 10.1 Å². The molecular weight excluding hydrogens is 337 g/mol. The van der Waals surface area contributed by atoms with E-state index in [0.717, 1.165) is 10.9 Å². The Morgan fingerprint density at radius 3 is 2.71 bits per heavy atom. The van der Waals surface area contributed by atoms with Gasteiger partial charge in [-0.15, -0.1) is 0 Å². The van der Waals surface area contributed by atoms with Gasteiger partial charge in [-0.05, 0) is 24.3 Å². The molecule has 0 aliphatic heterocycles. The van der Waals surface area contributed by atoms with Gasteiger partial charge in [0, 0.05) is 22.0 Å². The molecule has 1 N–H and O–H groups in total. The molecule has 3 rings (SSSR count). The van der Waals surface area contributed by atoms with Crippen molar-refractivity contribution in [1.82, 2.24) is 4.98 Å². The number of ether oxygens (including phenoxy) is 1.